The third-order valence-electron chi connectivity index (χ3n) is 5.12. The lowest BCUT2D eigenvalue weighted by molar-refractivity contribution is -0.124. The van der Waals surface area contributed by atoms with Crippen LogP contribution in [0, 0.1) is 5.92 Å². The van der Waals surface area contributed by atoms with Gasteiger partial charge in [0.05, 0.1) is 23.4 Å². The molecule has 0 radical (unpaired) electrons. The number of rotatable bonds is 4. The molecule has 7 heteroatoms. The molecular formula is C23H23Cl2N3O2. The highest BCUT2D eigenvalue weighted by Gasteiger charge is 2.31. The summed E-state index contributed by atoms with van der Waals surface area (Å²) in [7, 11) is 0. The molecule has 0 bridgehead atoms. The van der Waals surface area contributed by atoms with E-state index in [9.17, 15) is 4.79 Å². The molecule has 1 amide bonds. The summed E-state index contributed by atoms with van der Waals surface area (Å²) in [5.41, 5.74) is 3.16. The second-order valence-electron chi connectivity index (χ2n) is 7.64. The quantitative estimate of drug-likeness (QED) is 0.551. The van der Waals surface area contributed by atoms with Crippen LogP contribution in [0.2, 0.25) is 10.0 Å². The summed E-state index contributed by atoms with van der Waals surface area (Å²) in [6.07, 6.45) is 1.58. The molecule has 1 aliphatic rings. The van der Waals surface area contributed by atoms with E-state index in [0.29, 0.717) is 28.1 Å². The van der Waals surface area contributed by atoms with Gasteiger partial charge in [0, 0.05) is 16.5 Å². The smallest absolute Gasteiger partial charge is 0.223 e. The van der Waals surface area contributed by atoms with Gasteiger partial charge < -0.3 is 10.1 Å². The summed E-state index contributed by atoms with van der Waals surface area (Å²) in [6.45, 7) is 4.31. The van der Waals surface area contributed by atoms with Crippen molar-refractivity contribution in [3.63, 3.8) is 0 Å². The Hall–Kier alpha value is -2.50. The number of aromatic nitrogens is 2. The zero-order chi connectivity index (χ0) is 21.3. The number of fused-ring (bicyclic) bond motifs is 1. The molecular weight excluding hydrogens is 421 g/mol. The van der Waals surface area contributed by atoms with Gasteiger partial charge >= 0.3 is 0 Å². The number of para-hydroxylation sites is 1. The van der Waals surface area contributed by atoms with Crippen LogP contribution >= 0.6 is 23.2 Å². The van der Waals surface area contributed by atoms with Gasteiger partial charge in [-0.1, -0.05) is 61.3 Å². The van der Waals surface area contributed by atoms with Crippen LogP contribution in [0.25, 0.3) is 16.9 Å². The zero-order valence-electron chi connectivity index (χ0n) is 16.9. The van der Waals surface area contributed by atoms with Crippen molar-refractivity contribution in [2.75, 3.05) is 6.61 Å². The lowest BCUT2D eigenvalue weighted by atomic mass is 10.0. The van der Waals surface area contributed by atoms with Crippen molar-refractivity contribution in [2.24, 2.45) is 5.92 Å². The molecule has 0 saturated carbocycles. The molecule has 0 fully saturated rings. The van der Waals surface area contributed by atoms with Crippen LogP contribution in [0.1, 0.15) is 38.4 Å². The van der Waals surface area contributed by atoms with E-state index in [0.717, 1.165) is 29.8 Å². The van der Waals surface area contributed by atoms with E-state index in [1.165, 1.54) is 0 Å². The maximum atomic E-state index is 12.4. The first-order chi connectivity index (χ1) is 14.5. The van der Waals surface area contributed by atoms with Crippen molar-refractivity contribution in [3.8, 4) is 22.7 Å². The predicted octanol–water partition coefficient (Wildman–Crippen LogP) is 5.83. The highest BCUT2D eigenvalue weighted by molar-refractivity contribution is 6.32. The van der Waals surface area contributed by atoms with Crippen LogP contribution in [-0.4, -0.2) is 22.3 Å². The molecule has 4 rings (SSSR count). The highest BCUT2D eigenvalue weighted by atomic mass is 35.5. The van der Waals surface area contributed by atoms with Crippen LogP contribution < -0.4 is 10.1 Å². The Bertz CT molecular complexity index is 1060. The number of carbonyl (C=O) groups is 1. The van der Waals surface area contributed by atoms with E-state index in [-0.39, 0.29) is 17.9 Å². The number of nitrogens with one attached hydrogen (secondary N) is 1. The first-order valence-corrected chi connectivity index (χ1v) is 10.8. The number of hydrogen-bond acceptors (Lipinski definition) is 3. The summed E-state index contributed by atoms with van der Waals surface area (Å²) in [5, 5.41) is 9.25. The van der Waals surface area contributed by atoms with Gasteiger partial charge in [-0.3, -0.25) is 4.79 Å². The normalized spacial score (nSPS) is 16.0. The fourth-order valence-electron chi connectivity index (χ4n) is 3.53. The van der Waals surface area contributed by atoms with E-state index >= 15 is 0 Å². The Kier molecular flexibility index (Phi) is 6.02. The molecule has 1 aromatic heterocycles. The van der Waals surface area contributed by atoms with Gasteiger partial charge in [0.15, 0.2) is 5.75 Å². The molecule has 30 heavy (non-hydrogen) atoms. The molecule has 156 valence electrons. The Morgan fingerprint density at radius 2 is 1.90 bits per heavy atom. The number of hydrogen-bond donors (Lipinski definition) is 1. The third-order valence-corrected chi connectivity index (χ3v) is 5.69. The van der Waals surface area contributed by atoms with E-state index < -0.39 is 0 Å². The number of amides is 1. The van der Waals surface area contributed by atoms with Gasteiger partial charge in [-0.15, -0.1) is 0 Å². The first kappa shape index (κ1) is 20.8. The van der Waals surface area contributed by atoms with E-state index in [1.807, 2.05) is 62.4 Å². The minimum atomic E-state index is -0.229. The number of nitrogens with zero attached hydrogens (tertiary/aromatic N) is 2. The maximum Gasteiger partial charge on any atom is 0.223 e. The van der Waals surface area contributed by atoms with Crippen molar-refractivity contribution >= 4 is 29.1 Å². The lowest BCUT2D eigenvalue weighted by Crippen LogP contribution is -2.32. The maximum absolute atomic E-state index is 12.4. The lowest BCUT2D eigenvalue weighted by Gasteiger charge is -2.16. The molecule has 1 atom stereocenters. The third kappa shape index (κ3) is 4.05. The topological polar surface area (TPSA) is 56.1 Å². The molecule has 0 unspecified atom stereocenters. The minimum Gasteiger partial charge on any atom is -0.489 e. The van der Waals surface area contributed by atoms with Gasteiger partial charge in [-0.05, 0) is 37.1 Å². The monoisotopic (exact) mass is 443 g/mol. The summed E-state index contributed by atoms with van der Waals surface area (Å²) in [4.78, 5) is 12.4. The van der Waals surface area contributed by atoms with Gasteiger partial charge in [-0.2, -0.15) is 5.10 Å². The van der Waals surface area contributed by atoms with Crippen LogP contribution in [0.5, 0.6) is 5.75 Å². The standard InChI is InChI=1S/C23H23Cl2N3O2/c1-14(2)23(29)26-18-7-5-13-30-22-20(18)27-28(19-8-4-3-6-17(19)25)21(22)15-9-11-16(24)12-10-15/h3-4,6,8-12,14,18H,5,7,13H2,1-2H3,(H,26,29)/t18-/m0/s1. The molecule has 5 nitrogen and oxygen atoms in total. The van der Waals surface area contributed by atoms with Crippen LogP contribution in [0.3, 0.4) is 0 Å². The van der Waals surface area contributed by atoms with E-state index in [4.69, 9.17) is 33.0 Å². The van der Waals surface area contributed by atoms with Crippen LogP contribution in [0.4, 0.5) is 0 Å². The highest BCUT2D eigenvalue weighted by Crippen LogP contribution is 2.42. The molecule has 0 aliphatic carbocycles. The fourth-order valence-corrected chi connectivity index (χ4v) is 3.87. The first-order valence-electron chi connectivity index (χ1n) is 10.0. The summed E-state index contributed by atoms with van der Waals surface area (Å²) in [6, 6.07) is 14.8. The van der Waals surface area contributed by atoms with Crippen molar-refractivity contribution in [1.82, 2.24) is 15.1 Å². The Morgan fingerprint density at radius 3 is 2.60 bits per heavy atom. The summed E-state index contributed by atoms with van der Waals surface area (Å²) >= 11 is 12.6. The number of carbonyl (C=O) groups excluding carboxylic acids is 1. The molecule has 1 aliphatic heterocycles. The largest absolute Gasteiger partial charge is 0.489 e. The number of benzene rings is 2. The van der Waals surface area contributed by atoms with Gasteiger partial charge in [0.1, 0.15) is 11.4 Å². The van der Waals surface area contributed by atoms with Crippen molar-refractivity contribution in [1.29, 1.82) is 0 Å². The van der Waals surface area contributed by atoms with Crippen molar-refractivity contribution in [3.05, 3.63) is 64.3 Å². The summed E-state index contributed by atoms with van der Waals surface area (Å²) in [5.74, 6) is 0.552. The van der Waals surface area contributed by atoms with Gasteiger partial charge in [0.2, 0.25) is 5.91 Å². The Balaban J connectivity index is 1.91. The van der Waals surface area contributed by atoms with E-state index in [1.54, 1.807) is 4.68 Å². The summed E-state index contributed by atoms with van der Waals surface area (Å²) < 4.78 is 7.97. The molecule has 2 aromatic carbocycles. The molecule has 1 N–H and O–H groups in total. The van der Waals surface area contributed by atoms with Crippen LogP contribution in [-0.2, 0) is 4.79 Å². The predicted molar refractivity (Wildman–Crippen MR) is 119 cm³/mol. The Labute approximate surface area is 185 Å². The second kappa shape index (κ2) is 8.70. The number of ether oxygens (including phenoxy) is 1. The number of halogens is 2. The van der Waals surface area contributed by atoms with Crippen molar-refractivity contribution < 1.29 is 9.53 Å². The van der Waals surface area contributed by atoms with Crippen LogP contribution in [0.15, 0.2) is 48.5 Å². The minimum absolute atomic E-state index is 0.00631. The zero-order valence-corrected chi connectivity index (χ0v) is 18.4. The van der Waals surface area contributed by atoms with Crippen molar-refractivity contribution in [2.45, 2.75) is 32.7 Å². The SMILES string of the molecule is CC(C)C(=O)N[C@H]1CCCOc2c1nn(-c1ccccc1Cl)c2-c1ccc(Cl)cc1. The molecule has 2 heterocycles. The Morgan fingerprint density at radius 1 is 1.17 bits per heavy atom. The molecule has 0 saturated heterocycles. The van der Waals surface area contributed by atoms with E-state index in [2.05, 4.69) is 5.32 Å². The van der Waals surface area contributed by atoms with Gasteiger partial charge in [0.25, 0.3) is 0 Å². The molecule has 0 spiro atoms. The van der Waals surface area contributed by atoms with Gasteiger partial charge in [-0.25, -0.2) is 4.68 Å². The second-order valence-corrected chi connectivity index (χ2v) is 8.48. The fraction of sp³-hybridized carbons (Fsp3) is 0.304. The molecule has 3 aromatic rings. The average molecular weight is 444 g/mol. The average Bonchev–Trinajstić information content (AvgIpc) is 2.99.